The minimum absolute atomic E-state index is 0.00759. The third-order valence-electron chi connectivity index (χ3n) is 4.78. The summed E-state index contributed by atoms with van der Waals surface area (Å²) >= 11 is 0. The quantitative estimate of drug-likeness (QED) is 0.384. The van der Waals surface area contributed by atoms with Crippen LogP contribution < -0.4 is 16.0 Å². The number of anilines is 3. The summed E-state index contributed by atoms with van der Waals surface area (Å²) in [6, 6.07) is 7.80. The Bertz CT molecular complexity index is 1210. The fraction of sp³-hybridized carbons (Fsp3) is 0.136. The third kappa shape index (κ3) is 4.39. The van der Waals surface area contributed by atoms with Crippen LogP contribution in [-0.4, -0.2) is 15.9 Å². The predicted molar refractivity (Wildman–Crippen MR) is 112 cm³/mol. The zero-order valence-electron chi connectivity index (χ0n) is 16.7. The maximum atomic E-state index is 14.1. The van der Waals surface area contributed by atoms with E-state index in [0.717, 1.165) is 6.07 Å². The highest BCUT2D eigenvalue weighted by molar-refractivity contribution is 6.31. The highest BCUT2D eigenvalue weighted by Gasteiger charge is 2.34. The summed E-state index contributed by atoms with van der Waals surface area (Å²) in [5.41, 5.74) is 0.610. The lowest BCUT2D eigenvalue weighted by molar-refractivity contribution is -0.136. The molecular formula is C22H17F4N5O. The SMILES string of the molecule is Cc1cnc(CNc2ccc(NC=C3C(=O)Nc4cccc(F)c43)cc2C(F)(F)F)cn1. The molecule has 2 heterocycles. The molecule has 0 bridgehead atoms. The first-order valence-corrected chi connectivity index (χ1v) is 9.52. The first-order chi connectivity index (χ1) is 15.2. The zero-order chi connectivity index (χ0) is 22.9. The molecule has 0 saturated heterocycles. The molecule has 32 heavy (non-hydrogen) atoms. The number of alkyl halides is 3. The van der Waals surface area contributed by atoms with Gasteiger partial charge in [-0.15, -0.1) is 0 Å². The van der Waals surface area contributed by atoms with Crippen LogP contribution >= 0.6 is 0 Å². The molecule has 10 heteroatoms. The lowest BCUT2D eigenvalue weighted by Gasteiger charge is -2.16. The number of amides is 1. The number of rotatable bonds is 5. The first-order valence-electron chi connectivity index (χ1n) is 9.52. The van der Waals surface area contributed by atoms with E-state index in [1.165, 1.54) is 48.9 Å². The molecule has 3 aromatic rings. The largest absolute Gasteiger partial charge is 0.418 e. The Morgan fingerprint density at radius 3 is 2.66 bits per heavy atom. The Kier molecular flexibility index (Phi) is 5.52. The number of benzene rings is 2. The summed E-state index contributed by atoms with van der Waals surface area (Å²) in [4.78, 5) is 20.3. The second kappa shape index (κ2) is 8.29. The maximum Gasteiger partial charge on any atom is 0.418 e. The Morgan fingerprint density at radius 1 is 1.12 bits per heavy atom. The summed E-state index contributed by atoms with van der Waals surface area (Å²) in [5.74, 6) is -1.16. The van der Waals surface area contributed by atoms with Gasteiger partial charge in [-0.25, -0.2) is 4.39 Å². The van der Waals surface area contributed by atoms with E-state index in [0.29, 0.717) is 17.1 Å². The summed E-state index contributed by atoms with van der Waals surface area (Å²) in [6.07, 6.45) is -0.423. The van der Waals surface area contributed by atoms with Crippen LogP contribution in [-0.2, 0) is 17.5 Å². The fourth-order valence-electron chi connectivity index (χ4n) is 3.22. The van der Waals surface area contributed by atoms with Gasteiger partial charge in [0.05, 0.1) is 41.0 Å². The summed E-state index contributed by atoms with van der Waals surface area (Å²) in [7, 11) is 0. The number of hydrogen-bond acceptors (Lipinski definition) is 5. The molecule has 0 fully saturated rings. The van der Waals surface area contributed by atoms with Gasteiger partial charge in [-0.3, -0.25) is 14.8 Å². The molecular weight excluding hydrogens is 426 g/mol. The smallest absolute Gasteiger partial charge is 0.379 e. The van der Waals surface area contributed by atoms with Crippen molar-refractivity contribution < 1.29 is 22.4 Å². The van der Waals surface area contributed by atoms with E-state index >= 15 is 0 Å². The van der Waals surface area contributed by atoms with Gasteiger partial charge in [-0.05, 0) is 37.3 Å². The second-order valence-electron chi connectivity index (χ2n) is 7.08. The molecule has 0 radical (unpaired) electrons. The lowest BCUT2D eigenvalue weighted by Crippen LogP contribution is -2.12. The van der Waals surface area contributed by atoms with Crippen molar-refractivity contribution in [1.29, 1.82) is 0 Å². The monoisotopic (exact) mass is 443 g/mol. The van der Waals surface area contributed by atoms with Gasteiger partial charge in [-0.2, -0.15) is 13.2 Å². The molecule has 0 unspecified atom stereocenters. The molecule has 1 amide bonds. The number of nitrogens with one attached hydrogen (secondary N) is 3. The molecule has 0 aliphatic carbocycles. The van der Waals surface area contributed by atoms with E-state index in [1.807, 2.05) is 0 Å². The van der Waals surface area contributed by atoms with Gasteiger partial charge in [0.2, 0.25) is 0 Å². The van der Waals surface area contributed by atoms with E-state index < -0.39 is 23.5 Å². The van der Waals surface area contributed by atoms with E-state index in [4.69, 9.17) is 0 Å². The van der Waals surface area contributed by atoms with Crippen molar-refractivity contribution in [2.45, 2.75) is 19.6 Å². The predicted octanol–water partition coefficient (Wildman–Crippen LogP) is 4.96. The topological polar surface area (TPSA) is 78.9 Å². The number of carbonyl (C=O) groups excluding carboxylic acids is 1. The van der Waals surface area contributed by atoms with Gasteiger partial charge in [0.15, 0.2) is 0 Å². The van der Waals surface area contributed by atoms with Gasteiger partial charge in [0, 0.05) is 29.3 Å². The standard InChI is InChI=1S/C22H17F4N5O/c1-12-8-28-14(9-27-12)10-30-18-6-5-13(7-16(18)22(24,25)26)29-11-15-20-17(23)3-2-4-19(20)31-21(15)32/h2-9,11,29-30H,10H2,1H3,(H,31,32). The Hall–Kier alpha value is -3.95. The minimum Gasteiger partial charge on any atom is -0.379 e. The van der Waals surface area contributed by atoms with Crippen LogP contribution in [0, 0.1) is 12.7 Å². The molecule has 6 nitrogen and oxygen atoms in total. The highest BCUT2D eigenvalue weighted by atomic mass is 19.4. The Labute approximate surface area is 180 Å². The summed E-state index contributed by atoms with van der Waals surface area (Å²) < 4.78 is 55.0. The van der Waals surface area contributed by atoms with Crippen molar-refractivity contribution in [3.05, 3.63) is 83.3 Å². The van der Waals surface area contributed by atoms with Gasteiger partial charge < -0.3 is 16.0 Å². The van der Waals surface area contributed by atoms with Crippen molar-refractivity contribution >= 4 is 28.5 Å². The molecule has 0 atom stereocenters. The van der Waals surface area contributed by atoms with Crippen LogP contribution in [0.2, 0.25) is 0 Å². The van der Waals surface area contributed by atoms with Gasteiger partial charge in [0.1, 0.15) is 5.82 Å². The first kappa shape index (κ1) is 21.3. The van der Waals surface area contributed by atoms with Gasteiger partial charge in [-0.1, -0.05) is 6.07 Å². The molecule has 1 aromatic heterocycles. The van der Waals surface area contributed by atoms with Crippen LogP contribution in [0.15, 0.2) is 55.0 Å². The average Bonchev–Trinajstić information content (AvgIpc) is 3.07. The number of nitrogens with zero attached hydrogens (tertiary/aromatic N) is 2. The molecule has 0 saturated carbocycles. The van der Waals surface area contributed by atoms with Crippen LogP contribution in [0.4, 0.5) is 34.6 Å². The average molecular weight is 443 g/mol. The van der Waals surface area contributed by atoms with Crippen molar-refractivity contribution in [2.24, 2.45) is 0 Å². The summed E-state index contributed by atoms with van der Waals surface area (Å²) in [5, 5.41) is 7.91. The molecule has 1 aliphatic heterocycles. The molecule has 0 spiro atoms. The maximum absolute atomic E-state index is 14.1. The molecule has 4 rings (SSSR count). The Balaban J connectivity index is 1.58. The molecule has 2 aromatic carbocycles. The van der Waals surface area contributed by atoms with Crippen molar-refractivity contribution in [2.75, 3.05) is 16.0 Å². The number of aromatic nitrogens is 2. The second-order valence-corrected chi connectivity index (χ2v) is 7.08. The summed E-state index contributed by atoms with van der Waals surface area (Å²) in [6.45, 7) is 1.82. The van der Waals surface area contributed by atoms with E-state index in [9.17, 15) is 22.4 Å². The van der Waals surface area contributed by atoms with E-state index in [2.05, 4.69) is 25.9 Å². The van der Waals surface area contributed by atoms with Gasteiger partial charge >= 0.3 is 6.18 Å². The molecule has 164 valence electrons. The lowest BCUT2D eigenvalue weighted by atomic mass is 10.1. The van der Waals surface area contributed by atoms with Crippen LogP contribution in [0.5, 0.6) is 0 Å². The normalized spacial score (nSPS) is 14.3. The third-order valence-corrected chi connectivity index (χ3v) is 4.78. The van der Waals surface area contributed by atoms with Crippen molar-refractivity contribution in [1.82, 2.24) is 9.97 Å². The van der Waals surface area contributed by atoms with Crippen LogP contribution in [0.1, 0.15) is 22.5 Å². The van der Waals surface area contributed by atoms with Crippen molar-refractivity contribution in [3.63, 3.8) is 0 Å². The number of hydrogen-bond donors (Lipinski definition) is 3. The van der Waals surface area contributed by atoms with Crippen molar-refractivity contribution in [3.8, 4) is 0 Å². The van der Waals surface area contributed by atoms with E-state index in [1.54, 1.807) is 6.92 Å². The van der Waals surface area contributed by atoms with Crippen LogP contribution in [0.3, 0.4) is 0 Å². The number of carbonyl (C=O) groups is 1. The molecule has 3 N–H and O–H groups in total. The zero-order valence-corrected chi connectivity index (χ0v) is 16.7. The number of halogens is 4. The van der Waals surface area contributed by atoms with Gasteiger partial charge in [0.25, 0.3) is 5.91 Å². The van der Waals surface area contributed by atoms with Crippen LogP contribution in [0.25, 0.3) is 5.57 Å². The minimum atomic E-state index is -4.63. The fourth-order valence-corrected chi connectivity index (χ4v) is 3.22. The number of aryl methyl sites for hydroxylation is 1. The van der Waals surface area contributed by atoms with E-state index in [-0.39, 0.29) is 29.1 Å². The molecule has 1 aliphatic rings. The number of fused-ring (bicyclic) bond motifs is 1. The Morgan fingerprint density at radius 2 is 1.94 bits per heavy atom. The highest BCUT2D eigenvalue weighted by Crippen LogP contribution is 2.37.